The van der Waals surface area contributed by atoms with Crippen molar-refractivity contribution in [3.63, 3.8) is 0 Å². The fourth-order valence-corrected chi connectivity index (χ4v) is 5.43. The molecular formula is C30H37N3O4S. The van der Waals surface area contributed by atoms with E-state index in [1.54, 1.807) is 37.3 Å². The van der Waals surface area contributed by atoms with Crippen molar-refractivity contribution in [1.82, 2.24) is 10.2 Å². The number of rotatable bonds is 12. The number of benzene rings is 3. The Kier molecular flexibility index (Phi) is 10.1. The maximum atomic E-state index is 13.8. The maximum Gasteiger partial charge on any atom is 0.264 e. The van der Waals surface area contributed by atoms with Crippen LogP contribution in [-0.2, 0) is 26.0 Å². The minimum absolute atomic E-state index is 0.0430. The van der Waals surface area contributed by atoms with Crippen LogP contribution in [0.15, 0.2) is 89.8 Å². The fourth-order valence-electron chi connectivity index (χ4n) is 4.00. The molecule has 0 aromatic heterocycles. The number of nitrogens with one attached hydrogen (secondary N) is 1. The molecule has 202 valence electrons. The fraction of sp³-hybridized carbons (Fsp3) is 0.333. The van der Waals surface area contributed by atoms with Gasteiger partial charge in [-0.1, -0.05) is 73.2 Å². The lowest BCUT2D eigenvalue weighted by molar-refractivity contribution is -0.139. The third kappa shape index (κ3) is 7.44. The summed E-state index contributed by atoms with van der Waals surface area (Å²) in [6, 6.07) is 23.9. The summed E-state index contributed by atoms with van der Waals surface area (Å²) in [5.74, 6) is -0.721. The first kappa shape index (κ1) is 28.9. The van der Waals surface area contributed by atoms with E-state index in [0.717, 1.165) is 21.9 Å². The topological polar surface area (TPSA) is 86.8 Å². The van der Waals surface area contributed by atoms with Crippen molar-refractivity contribution in [3.8, 4) is 0 Å². The number of carbonyl (C=O) groups excluding carboxylic acids is 2. The summed E-state index contributed by atoms with van der Waals surface area (Å²) < 4.78 is 28.6. The Balaban J connectivity index is 1.95. The molecular weight excluding hydrogens is 498 g/mol. The highest BCUT2D eigenvalue weighted by Gasteiger charge is 2.32. The van der Waals surface area contributed by atoms with Crippen LogP contribution in [0.5, 0.6) is 0 Å². The summed E-state index contributed by atoms with van der Waals surface area (Å²) in [7, 11) is -4.05. The van der Waals surface area contributed by atoms with Crippen molar-refractivity contribution in [3.05, 3.63) is 96.1 Å². The summed E-state index contributed by atoms with van der Waals surface area (Å²) in [4.78, 5) is 28.4. The molecule has 0 unspecified atom stereocenters. The Morgan fingerprint density at radius 3 is 2.03 bits per heavy atom. The van der Waals surface area contributed by atoms with Crippen LogP contribution < -0.4 is 9.62 Å². The quantitative estimate of drug-likeness (QED) is 0.368. The molecule has 0 aliphatic heterocycles. The Morgan fingerprint density at radius 2 is 1.45 bits per heavy atom. The summed E-state index contributed by atoms with van der Waals surface area (Å²) in [5, 5.41) is 2.95. The van der Waals surface area contributed by atoms with Crippen LogP contribution >= 0.6 is 0 Å². The summed E-state index contributed by atoms with van der Waals surface area (Å²) in [5.41, 5.74) is 2.37. The van der Waals surface area contributed by atoms with Gasteiger partial charge in [-0.15, -0.1) is 0 Å². The molecule has 0 saturated heterocycles. The molecule has 3 aromatic rings. The third-order valence-corrected chi connectivity index (χ3v) is 8.37. The van der Waals surface area contributed by atoms with Crippen LogP contribution in [0.4, 0.5) is 5.69 Å². The highest BCUT2D eigenvalue weighted by Crippen LogP contribution is 2.24. The molecule has 0 aliphatic carbocycles. The van der Waals surface area contributed by atoms with Gasteiger partial charge >= 0.3 is 0 Å². The molecule has 0 fully saturated rings. The minimum Gasteiger partial charge on any atom is -0.352 e. The van der Waals surface area contributed by atoms with Crippen molar-refractivity contribution in [1.29, 1.82) is 0 Å². The SMILES string of the molecule is CC[C@@H](C)NC(=O)[C@@H](C)N(CCc1ccccc1)C(=O)CN(c1ccc(C)cc1)S(=O)(=O)c1ccccc1. The number of hydrogen-bond donors (Lipinski definition) is 1. The molecule has 0 aliphatic rings. The van der Waals surface area contributed by atoms with Crippen LogP contribution in [0.2, 0.25) is 0 Å². The predicted octanol–water partition coefficient (Wildman–Crippen LogP) is 4.56. The van der Waals surface area contributed by atoms with Gasteiger partial charge in [-0.3, -0.25) is 13.9 Å². The molecule has 0 heterocycles. The molecule has 7 nitrogen and oxygen atoms in total. The molecule has 3 rings (SSSR count). The summed E-state index contributed by atoms with van der Waals surface area (Å²) in [6.07, 6.45) is 1.29. The number of nitrogens with zero attached hydrogens (tertiary/aromatic N) is 2. The molecule has 1 N–H and O–H groups in total. The zero-order valence-electron chi connectivity index (χ0n) is 22.5. The van der Waals surface area contributed by atoms with E-state index in [1.807, 2.05) is 63.2 Å². The van der Waals surface area contributed by atoms with Gasteiger partial charge in [0, 0.05) is 12.6 Å². The molecule has 2 atom stereocenters. The first-order valence-electron chi connectivity index (χ1n) is 12.9. The van der Waals surface area contributed by atoms with Gasteiger partial charge in [0.1, 0.15) is 12.6 Å². The van der Waals surface area contributed by atoms with E-state index in [4.69, 9.17) is 0 Å². The summed E-state index contributed by atoms with van der Waals surface area (Å²) >= 11 is 0. The van der Waals surface area contributed by atoms with Gasteiger partial charge in [0.25, 0.3) is 10.0 Å². The number of sulfonamides is 1. The van der Waals surface area contributed by atoms with Gasteiger partial charge in [0.2, 0.25) is 11.8 Å². The summed E-state index contributed by atoms with van der Waals surface area (Å²) in [6.45, 7) is 7.31. The zero-order chi connectivity index (χ0) is 27.7. The lowest BCUT2D eigenvalue weighted by Crippen LogP contribution is -2.53. The van der Waals surface area contributed by atoms with Gasteiger partial charge in [0.15, 0.2) is 0 Å². The lowest BCUT2D eigenvalue weighted by Gasteiger charge is -2.32. The van der Waals surface area contributed by atoms with E-state index in [2.05, 4.69) is 5.32 Å². The van der Waals surface area contributed by atoms with Crippen LogP contribution in [0.3, 0.4) is 0 Å². The molecule has 2 amide bonds. The van der Waals surface area contributed by atoms with Crippen molar-refractivity contribution in [2.75, 3.05) is 17.4 Å². The number of amides is 2. The van der Waals surface area contributed by atoms with Crippen LogP contribution in [-0.4, -0.2) is 50.3 Å². The molecule has 0 bridgehead atoms. The van der Waals surface area contributed by atoms with Crippen molar-refractivity contribution in [2.45, 2.75) is 57.5 Å². The van der Waals surface area contributed by atoms with E-state index >= 15 is 0 Å². The van der Waals surface area contributed by atoms with E-state index in [9.17, 15) is 18.0 Å². The number of carbonyl (C=O) groups is 2. The van der Waals surface area contributed by atoms with Crippen LogP contribution in [0.25, 0.3) is 0 Å². The smallest absolute Gasteiger partial charge is 0.264 e. The average Bonchev–Trinajstić information content (AvgIpc) is 2.93. The Labute approximate surface area is 226 Å². The second-order valence-electron chi connectivity index (χ2n) is 9.48. The maximum absolute atomic E-state index is 13.8. The van der Waals surface area contributed by atoms with E-state index in [1.165, 1.54) is 17.0 Å². The Bertz CT molecular complexity index is 1300. The van der Waals surface area contributed by atoms with Crippen molar-refractivity contribution in [2.24, 2.45) is 0 Å². The Hall–Kier alpha value is -3.65. The van der Waals surface area contributed by atoms with E-state index in [0.29, 0.717) is 12.1 Å². The highest BCUT2D eigenvalue weighted by molar-refractivity contribution is 7.92. The molecule has 3 aromatic carbocycles. The van der Waals surface area contributed by atoms with E-state index < -0.39 is 28.5 Å². The lowest BCUT2D eigenvalue weighted by atomic mass is 10.1. The molecule has 38 heavy (non-hydrogen) atoms. The highest BCUT2D eigenvalue weighted by atomic mass is 32.2. The minimum atomic E-state index is -4.05. The molecule has 0 radical (unpaired) electrons. The number of anilines is 1. The Morgan fingerprint density at radius 1 is 0.868 bits per heavy atom. The zero-order valence-corrected chi connectivity index (χ0v) is 23.3. The molecule has 0 spiro atoms. The van der Waals surface area contributed by atoms with E-state index in [-0.39, 0.29) is 23.4 Å². The third-order valence-electron chi connectivity index (χ3n) is 6.58. The average molecular weight is 536 g/mol. The normalized spacial score (nSPS) is 12.8. The predicted molar refractivity (Wildman–Crippen MR) is 151 cm³/mol. The monoisotopic (exact) mass is 535 g/mol. The molecule has 8 heteroatoms. The van der Waals surface area contributed by atoms with Crippen molar-refractivity contribution < 1.29 is 18.0 Å². The molecule has 0 saturated carbocycles. The van der Waals surface area contributed by atoms with Gasteiger partial charge in [-0.05, 0) is 63.4 Å². The number of aryl methyl sites for hydroxylation is 1. The second-order valence-corrected chi connectivity index (χ2v) is 11.3. The standard InChI is InChI=1S/C30H37N3O4S/c1-5-24(3)31-30(35)25(4)32(21-20-26-12-8-6-9-13-26)29(34)22-33(27-18-16-23(2)17-19-27)38(36,37)28-14-10-7-11-15-28/h6-19,24-25H,5,20-22H2,1-4H3,(H,31,35)/t24-,25-/m1/s1. The van der Waals surface area contributed by atoms with Crippen molar-refractivity contribution >= 4 is 27.5 Å². The van der Waals surface area contributed by atoms with Gasteiger partial charge in [-0.2, -0.15) is 0 Å². The van der Waals surface area contributed by atoms with Crippen LogP contribution in [0, 0.1) is 6.92 Å². The van der Waals surface area contributed by atoms with Gasteiger partial charge in [-0.25, -0.2) is 8.42 Å². The number of hydrogen-bond acceptors (Lipinski definition) is 4. The largest absolute Gasteiger partial charge is 0.352 e. The van der Waals surface area contributed by atoms with Gasteiger partial charge in [0.05, 0.1) is 10.6 Å². The van der Waals surface area contributed by atoms with Crippen LogP contribution in [0.1, 0.15) is 38.3 Å². The van der Waals surface area contributed by atoms with Gasteiger partial charge < -0.3 is 10.2 Å². The first-order chi connectivity index (χ1) is 18.1. The first-order valence-corrected chi connectivity index (χ1v) is 14.4. The second kappa shape index (κ2) is 13.2.